The zero-order valence-electron chi connectivity index (χ0n) is 38.5. The number of carboxylic acid groups (broad SMARTS) is 3. The number of unbranched alkanes of at least 4 members (excludes halogenated alkanes) is 10. The van der Waals surface area contributed by atoms with Crippen LogP contribution in [0.15, 0.2) is 24.3 Å². The first-order valence-corrected chi connectivity index (χ1v) is 24.1. The standard InChI is InChI=1S/C45H72BrN5O16/c46-31-40(54)51-36(44(59)60)13-9-8-11-21-47-41(55)32-65-29-28-64-26-23-49-42(56)33-66-30-27-63-25-22-48-38(52)20-19-37(45(61)62)50-39(53)14-10-6-4-2-1-3-5-7-12-24-67-35-17-15-34(16-18-35)43(57)58/h15-18,36-37H,1-14,19-33H2,(H,47,55)(H,48,52)(H,49,56)(H,50,53)(H,51,54)(H,57,58)(H,59,60)(H,61,62)/t36-,37-/m0/s1. The molecular formula is C45H72BrN5O16. The Morgan fingerprint density at radius 1 is 0.463 bits per heavy atom. The predicted molar refractivity (Wildman–Crippen MR) is 248 cm³/mol. The maximum Gasteiger partial charge on any atom is 0.335 e. The Morgan fingerprint density at radius 3 is 1.49 bits per heavy atom. The number of carbonyl (C=O) groups excluding carboxylic acids is 5. The van der Waals surface area contributed by atoms with E-state index in [2.05, 4.69) is 42.5 Å². The minimum absolute atomic E-state index is 0.0299. The monoisotopic (exact) mass is 1020 g/mol. The smallest absolute Gasteiger partial charge is 0.335 e. The number of alkyl halides is 1. The number of nitrogens with one attached hydrogen (secondary N) is 5. The molecule has 67 heavy (non-hydrogen) atoms. The Morgan fingerprint density at radius 2 is 0.940 bits per heavy atom. The SMILES string of the molecule is O=C(CC[C@H](NC(=O)CCCCCCCCCCCOc1ccc(C(=O)O)cc1)C(=O)O)NCCOCCOCC(=O)NCCOCCOCC(=O)NCCCCC[C@H](NC(=O)CBr)C(=O)O. The summed E-state index contributed by atoms with van der Waals surface area (Å²) in [4.78, 5) is 93.6. The van der Waals surface area contributed by atoms with Crippen molar-refractivity contribution >= 4 is 63.4 Å². The summed E-state index contributed by atoms with van der Waals surface area (Å²) in [6.07, 6.45) is 11.1. The van der Waals surface area contributed by atoms with Crippen LogP contribution in [0.1, 0.15) is 113 Å². The van der Waals surface area contributed by atoms with Crippen molar-refractivity contribution in [2.75, 3.05) is 84.4 Å². The Balaban J connectivity index is 1.92. The molecule has 22 heteroatoms. The minimum atomic E-state index is -1.21. The van der Waals surface area contributed by atoms with Crippen molar-refractivity contribution in [3.05, 3.63) is 29.8 Å². The zero-order valence-corrected chi connectivity index (χ0v) is 40.1. The van der Waals surface area contributed by atoms with E-state index in [4.69, 9.17) is 28.8 Å². The van der Waals surface area contributed by atoms with E-state index >= 15 is 0 Å². The molecule has 1 aromatic carbocycles. The van der Waals surface area contributed by atoms with Crippen LogP contribution in [0.25, 0.3) is 0 Å². The fourth-order valence-electron chi connectivity index (χ4n) is 6.16. The van der Waals surface area contributed by atoms with Crippen molar-refractivity contribution in [1.82, 2.24) is 26.6 Å². The summed E-state index contributed by atoms with van der Waals surface area (Å²) in [5, 5.41) is 40.6. The van der Waals surface area contributed by atoms with Crippen LogP contribution in [0.3, 0.4) is 0 Å². The number of hydrogen-bond acceptors (Lipinski definition) is 13. The highest BCUT2D eigenvalue weighted by atomic mass is 79.9. The lowest BCUT2D eigenvalue weighted by atomic mass is 10.1. The van der Waals surface area contributed by atoms with E-state index in [1.54, 1.807) is 12.1 Å². The molecule has 0 bridgehead atoms. The molecular weight excluding hydrogens is 946 g/mol. The van der Waals surface area contributed by atoms with E-state index in [0.29, 0.717) is 51.0 Å². The van der Waals surface area contributed by atoms with Gasteiger partial charge in [0.15, 0.2) is 0 Å². The first-order valence-electron chi connectivity index (χ1n) is 23.0. The fourth-order valence-corrected chi connectivity index (χ4v) is 6.32. The molecule has 0 saturated heterocycles. The molecule has 380 valence electrons. The van der Waals surface area contributed by atoms with E-state index in [1.807, 2.05) is 0 Å². The highest BCUT2D eigenvalue weighted by Gasteiger charge is 2.21. The average molecular weight is 1020 g/mol. The van der Waals surface area contributed by atoms with Gasteiger partial charge in [-0.25, -0.2) is 14.4 Å². The highest BCUT2D eigenvalue weighted by Crippen LogP contribution is 2.15. The lowest BCUT2D eigenvalue weighted by molar-refractivity contribution is -0.142. The molecule has 0 aliphatic rings. The van der Waals surface area contributed by atoms with Gasteiger partial charge in [0.25, 0.3) is 0 Å². The molecule has 0 saturated carbocycles. The van der Waals surface area contributed by atoms with Gasteiger partial charge in [0.05, 0.1) is 57.1 Å². The number of halogens is 1. The number of carboxylic acids is 3. The molecule has 2 atom stereocenters. The van der Waals surface area contributed by atoms with Gasteiger partial charge in [-0.05, 0) is 56.4 Å². The van der Waals surface area contributed by atoms with Crippen LogP contribution >= 0.6 is 15.9 Å². The molecule has 1 aromatic rings. The molecule has 0 radical (unpaired) electrons. The van der Waals surface area contributed by atoms with E-state index in [0.717, 1.165) is 51.4 Å². The third-order valence-corrected chi connectivity index (χ3v) is 10.3. The van der Waals surface area contributed by atoms with E-state index in [9.17, 15) is 48.6 Å². The third-order valence-electron chi connectivity index (χ3n) is 9.81. The van der Waals surface area contributed by atoms with Gasteiger partial charge in [0.1, 0.15) is 31.0 Å². The van der Waals surface area contributed by atoms with Crippen LogP contribution in [0.5, 0.6) is 5.75 Å². The van der Waals surface area contributed by atoms with Crippen molar-refractivity contribution in [2.45, 2.75) is 115 Å². The maximum atomic E-state index is 12.4. The van der Waals surface area contributed by atoms with Gasteiger partial charge in [0, 0.05) is 32.5 Å². The van der Waals surface area contributed by atoms with Crippen LogP contribution in [0, 0.1) is 0 Å². The molecule has 0 heterocycles. The molecule has 8 N–H and O–H groups in total. The van der Waals surface area contributed by atoms with E-state index in [1.165, 1.54) is 12.1 Å². The fraction of sp³-hybridized carbons (Fsp3) is 0.689. The average Bonchev–Trinajstić information content (AvgIpc) is 3.30. The van der Waals surface area contributed by atoms with Gasteiger partial charge in [-0.3, -0.25) is 24.0 Å². The second kappa shape index (κ2) is 40.2. The minimum Gasteiger partial charge on any atom is -0.494 e. The van der Waals surface area contributed by atoms with Crippen LogP contribution in [0.2, 0.25) is 0 Å². The number of aliphatic carboxylic acids is 2. The number of rotatable bonds is 44. The molecule has 5 amide bonds. The molecule has 21 nitrogen and oxygen atoms in total. The van der Waals surface area contributed by atoms with Gasteiger partial charge >= 0.3 is 17.9 Å². The Labute approximate surface area is 401 Å². The summed E-state index contributed by atoms with van der Waals surface area (Å²) in [5.41, 5.74) is 0.226. The first-order chi connectivity index (χ1) is 32.3. The van der Waals surface area contributed by atoms with Crippen molar-refractivity contribution in [2.24, 2.45) is 0 Å². The summed E-state index contributed by atoms with van der Waals surface area (Å²) in [6.45, 7) is 2.23. The predicted octanol–water partition coefficient (Wildman–Crippen LogP) is 2.95. The van der Waals surface area contributed by atoms with Crippen molar-refractivity contribution < 1.29 is 77.4 Å². The molecule has 0 aliphatic carbocycles. The van der Waals surface area contributed by atoms with Crippen molar-refractivity contribution in [3.8, 4) is 5.75 Å². The summed E-state index contributed by atoms with van der Waals surface area (Å²) in [7, 11) is 0. The lowest BCUT2D eigenvalue weighted by Crippen LogP contribution is -2.41. The number of ether oxygens (including phenoxy) is 5. The lowest BCUT2D eigenvalue weighted by Gasteiger charge is -2.14. The quantitative estimate of drug-likeness (QED) is 0.0344. The number of hydrogen-bond donors (Lipinski definition) is 8. The number of carbonyl (C=O) groups is 8. The van der Waals surface area contributed by atoms with E-state index in [-0.39, 0.29) is 120 Å². The van der Waals surface area contributed by atoms with Crippen molar-refractivity contribution in [1.29, 1.82) is 0 Å². The van der Waals surface area contributed by atoms with Gasteiger partial charge in [-0.2, -0.15) is 0 Å². The van der Waals surface area contributed by atoms with E-state index < -0.39 is 35.9 Å². The van der Waals surface area contributed by atoms with Gasteiger partial charge < -0.3 is 65.6 Å². The molecule has 0 spiro atoms. The van der Waals surface area contributed by atoms with Crippen LogP contribution in [-0.4, -0.2) is 159 Å². The molecule has 0 aliphatic heterocycles. The Hall–Kier alpha value is -4.90. The number of benzene rings is 1. The number of amides is 5. The summed E-state index contributed by atoms with van der Waals surface area (Å²) >= 11 is 2.98. The Bertz CT molecular complexity index is 1590. The largest absolute Gasteiger partial charge is 0.494 e. The van der Waals surface area contributed by atoms with Crippen molar-refractivity contribution in [3.63, 3.8) is 0 Å². The first kappa shape index (κ1) is 60.1. The molecule has 0 fully saturated rings. The van der Waals surface area contributed by atoms with Crippen LogP contribution < -0.4 is 31.3 Å². The number of aromatic carboxylic acids is 1. The molecule has 1 rings (SSSR count). The second-order valence-corrected chi connectivity index (χ2v) is 16.0. The molecule has 0 unspecified atom stereocenters. The maximum absolute atomic E-state index is 12.4. The molecule has 0 aromatic heterocycles. The summed E-state index contributed by atoms with van der Waals surface area (Å²) < 4.78 is 27.0. The Kier molecular flexibility index (Phi) is 36.1. The van der Waals surface area contributed by atoms with Gasteiger partial charge in [-0.1, -0.05) is 73.7 Å². The summed E-state index contributed by atoms with van der Waals surface area (Å²) in [5.74, 6) is -4.37. The zero-order chi connectivity index (χ0) is 49.3. The van der Waals surface area contributed by atoms with Crippen LogP contribution in [0.4, 0.5) is 0 Å². The second-order valence-electron chi connectivity index (χ2n) is 15.4. The summed E-state index contributed by atoms with van der Waals surface area (Å²) in [6, 6.07) is 4.25. The third kappa shape index (κ3) is 35.0. The highest BCUT2D eigenvalue weighted by molar-refractivity contribution is 9.09. The normalized spacial score (nSPS) is 11.8. The topological polar surface area (TPSA) is 304 Å². The van der Waals surface area contributed by atoms with Gasteiger partial charge in [0.2, 0.25) is 29.5 Å². The van der Waals surface area contributed by atoms with Gasteiger partial charge in [-0.15, -0.1) is 0 Å². The van der Waals surface area contributed by atoms with Crippen LogP contribution in [-0.2, 0) is 52.5 Å².